The highest BCUT2D eigenvalue weighted by atomic mass is 79.9. The molecule has 0 unspecified atom stereocenters. The van der Waals surface area contributed by atoms with E-state index < -0.39 is 29.5 Å². The van der Waals surface area contributed by atoms with Crippen molar-refractivity contribution < 1.29 is 27.6 Å². The summed E-state index contributed by atoms with van der Waals surface area (Å²) in [5.41, 5.74) is 6.55. The van der Waals surface area contributed by atoms with Crippen LogP contribution in [0.5, 0.6) is 0 Å². The van der Waals surface area contributed by atoms with Crippen molar-refractivity contribution in [3.8, 4) is 0 Å². The summed E-state index contributed by atoms with van der Waals surface area (Å²) in [6.45, 7) is 4.56. The SMILES string of the molecule is Nc1c(Br)cc(C[C@@H](NC(=O)N2CCC(N3CCc4cscc4NC3=O)CC2)C(=O)N2CCC(N3CCCCC3)CC2)cc1C(F)(F)F. The van der Waals surface area contributed by atoms with Crippen LogP contribution in [0.15, 0.2) is 27.4 Å². The first-order valence-electron chi connectivity index (χ1n) is 16.8. The second-order valence-electron chi connectivity index (χ2n) is 13.3. The Labute approximate surface area is 291 Å². The Morgan fingerprint density at radius 1 is 0.958 bits per heavy atom. The second-order valence-corrected chi connectivity index (χ2v) is 14.9. The van der Waals surface area contributed by atoms with Crippen molar-refractivity contribution in [2.75, 3.05) is 56.9 Å². The van der Waals surface area contributed by atoms with E-state index in [1.807, 2.05) is 15.7 Å². The number of nitrogen functional groups attached to an aromatic ring is 1. The van der Waals surface area contributed by atoms with Crippen molar-refractivity contribution in [1.29, 1.82) is 0 Å². The number of likely N-dealkylation sites (tertiary alicyclic amines) is 3. The number of fused-ring (bicyclic) bond motifs is 1. The molecule has 3 saturated heterocycles. The average Bonchev–Trinajstić information content (AvgIpc) is 3.45. The van der Waals surface area contributed by atoms with Crippen molar-refractivity contribution in [1.82, 2.24) is 24.9 Å². The number of benzene rings is 1. The minimum absolute atomic E-state index is 0.0340. The molecule has 4 aliphatic heterocycles. The molecule has 48 heavy (non-hydrogen) atoms. The van der Waals surface area contributed by atoms with E-state index in [1.54, 1.807) is 21.1 Å². The van der Waals surface area contributed by atoms with Gasteiger partial charge in [-0.05, 0) is 103 Å². The molecule has 10 nitrogen and oxygen atoms in total. The van der Waals surface area contributed by atoms with Gasteiger partial charge in [0.25, 0.3) is 0 Å². The number of carbonyl (C=O) groups is 3. The molecule has 5 amide bonds. The summed E-state index contributed by atoms with van der Waals surface area (Å²) in [5, 5.41) is 9.87. The van der Waals surface area contributed by atoms with Gasteiger partial charge in [0, 0.05) is 61.1 Å². The monoisotopic (exact) mass is 753 g/mol. The lowest BCUT2D eigenvalue weighted by Crippen LogP contribution is -2.57. The zero-order chi connectivity index (χ0) is 34.0. The Bertz CT molecular complexity index is 1490. The maximum Gasteiger partial charge on any atom is 0.418 e. The van der Waals surface area contributed by atoms with Crippen LogP contribution in [-0.4, -0.2) is 102 Å². The standard InChI is InChI=1S/C33H43BrF3N7O3S/c34-26-17-21(16-25(29(26)38)33(35,36)37)18-27(30(45)42-11-5-23(6-12-42)41-9-2-1-3-10-41)39-31(46)43-13-7-24(8-14-43)44-15-4-22-19-48-20-28(22)40-32(44)47/h16-17,19-20,23-24,27H,1-15,18,38H2,(H,39,46)(H,40,47)/t27-/m1/s1. The lowest BCUT2D eigenvalue weighted by atomic mass is 9.97. The van der Waals surface area contributed by atoms with E-state index in [1.165, 1.54) is 25.3 Å². The average molecular weight is 755 g/mol. The number of anilines is 2. The third-order valence-corrected chi connectivity index (χ3v) is 11.7. The zero-order valence-electron chi connectivity index (χ0n) is 26.9. The Kier molecular flexibility index (Phi) is 10.8. The van der Waals surface area contributed by atoms with Crippen molar-refractivity contribution >= 4 is 56.6 Å². The van der Waals surface area contributed by atoms with Crippen LogP contribution in [0.1, 0.15) is 61.6 Å². The number of hydrogen-bond donors (Lipinski definition) is 3. The molecule has 0 aliphatic carbocycles. The Balaban J connectivity index is 1.12. The molecule has 1 aromatic heterocycles. The zero-order valence-corrected chi connectivity index (χ0v) is 29.3. The molecule has 0 radical (unpaired) electrons. The van der Waals surface area contributed by atoms with Crippen molar-refractivity contribution in [3.05, 3.63) is 44.1 Å². The van der Waals surface area contributed by atoms with Crippen LogP contribution in [0.3, 0.4) is 0 Å². The first-order valence-corrected chi connectivity index (χ1v) is 18.6. The van der Waals surface area contributed by atoms with E-state index in [2.05, 4.69) is 31.5 Å². The van der Waals surface area contributed by atoms with Gasteiger partial charge in [-0.3, -0.25) is 4.79 Å². The second kappa shape index (κ2) is 14.8. The minimum atomic E-state index is -4.68. The molecule has 4 aliphatic rings. The molecule has 0 bridgehead atoms. The number of piperidine rings is 3. The van der Waals surface area contributed by atoms with Gasteiger partial charge in [-0.25, -0.2) is 9.59 Å². The molecule has 262 valence electrons. The summed E-state index contributed by atoms with van der Waals surface area (Å²) in [7, 11) is 0. The van der Waals surface area contributed by atoms with Crippen LogP contribution < -0.4 is 16.4 Å². The van der Waals surface area contributed by atoms with Gasteiger partial charge in [0.15, 0.2) is 0 Å². The van der Waals surface area contributed by atoms with Crippen LogP contribution in [0, 0.1) is 0 Å². The number of nitrogens with zero attached hydrogens (tertiary/aromatic N) is 4. The smallest absolute Gasteiger partial charge is 0.397 e. The van der Waals surface area contributed by atoms with Crippen LogP contribution in [0.4, 0.5) is 34.1 Å². The van der Waals surface area contributed by atoms with E-state index in [0.717, 1.165) is 49.7 Å². The largest absolute Gasteiger partial charge is 0.418 e. The minimum Gasteiger partial charge on any atom is -0.397 e. The van der Waals surface area contributed by atoms with Gasteiger partial charge in [-0.1, -0.05) is 6.42 Å². The molecule has 1 aromatic carbocycles. The normalized spacial score (nSPS) is 21.0. The summed E-state index contributed by atoms with van der Waals surface area (Å²) >= 11 is 4.71. The van der Waals surface area contributed by atoms with Crippen molar-refractivity contribution in [2.45, 2.75) is 82.1 Å². The summed E-state index contributed by atoms with van der Waals surface area (Å²) in [5.74, 6) is -0.301. The molecule has 3 fully saturated rings. The van der Waals surface area contributed by atoms with E-state index in [0.29, 0.717) is 51.6 Å². The number of thiophene rings is 1. The fourth-order valence-corrected chi connectivity index (χ4v) is 8.87. The quantitative estimate of drug-likeness (QED) is 0.325. The molecule has 1 atom stereocenters. The number of hydrogen-bond acceptors (Lipinski definition) is 6. The highest BCUT2D eigenvalue weighted by Gasteiger charge is 2.37. The van der Waals surface area contributed by atoms with Gasteiger partial charge in [-0.2, -0.15) is 13.2 Å². The number of nitrogens with two attached hydrogens (primary N) is 1. The molecule has 6 rings (SSSR count). The number of urea groups is 2. The predicted octanol–water partition coefficient (Wildman–Crippen LogP) is 5.76. The van der Waals surface area contributed by atoms with Gasteiger partial charge in [0.05, 0.1) is 16.9 Å². The van der Waals surface area contributed by atoms with Crippen LogP contribution >= 0.6 is 27.3 Å². The highest BCUT2D eigenvalue weighted by molar-refractivity contribution is 9.10. The molecule has 0 spiro atoms. The number of rotatable bonds is 6. The number of amides is 5. The van der Waals surface area contributed by atoms with Crippen molar-refractivity contribution in [3.63, 3.8) is 0 Å². The fraction of sp³-hybridized carbons (Fsp3) is 0.606. The van der Waals surface area contributed by atoms with Gasteiger partial charge in [0.1, 0.15) is 6.04 Å². The molecule has 0 saturated carbocycles. The van der Waals surface area contributed by atoms with Crippen LogP contribution in [0.25, 0.3) is 0 Å². The van der Waals surface area contributed by atoms with E-state index in [-0.39, 0.29) is 34.4 Å². The Hall–Kier alpha value is -3.04. The maximum absolute atomic E-state index is 14.0. The van der Waals surface area contributed by atoms with Gasteiger partial charge >= 0.3 is 18.2 Å². The molecule has 4 N–H and O–H groups in total. The first-order chi connectivity index (χ1) is 23.0. The molecule has 15 heteroatoms. The summed E-state index contributed by atoms with van der Waals surface area (Å²) in [6.07, 6.45) is 2.38. The predicted molar refractivity (Wildman–Crippen MR) is 183 cm³/mol. The number of halogens is 4. The maximum atomic E-state index is 14.0. The summed E-state index contributed by atoms with van der Waals surface area (Å²) < 4.78 is 41.5. The highest BCUT2D eigenvalue weighted by Crippen LogP contribution is 2.38. The Morgan fingerprint density at radius 3 is 2.31 bits per heavy atom. The lowest BCUT2D eigenvalue weighted by Gasteiger charge is -2.41. The Morgan fingerprint density at radius 2 is 1.62 bits per heavy atom. The van der Waals surface area contributed by atoms with Crippen LogP contribution in [-0.2, 0) is 23.8 Å². The van der Waals surface area contributed by atoms with E-state index in [9.17, 15) is 27.6 Å². The number of nitrogens with one attached hydrogen (secondary N) is 2. The lowest BCUT2D eigenvalue weighted by molar-refractivity contribution is -0.137. The number of alkyl halides is 3. The van der Waals surface area contributed by atoms with Gasteiger partial charge in [-0.15, -0.1) is 11.3 Å². The molecule has 2 aromatic rings. The van der Waals surface area contributed by atoms with Gasteiger partial charge < -0.3 is 36.0 Å². The first kappa shape index (κ1) is 34.8. The molecule has 5 heterocycles. The molecular weight excluding hydrogens is 711 g/mol. The molecular formula is C33H43BrF3N7O3S. The van der Waals surface area contributed by atoms with Crippen LogP contribution in [0.2, 0.25) is 0 Å². The third kappa shape index (κ3) is 7.88. The van der Waals surface area contributed by atoms with Crippen molar-refractivity contribution in [2.24, 2.45) is 0 Å². The van der Waals surface area contributed by atoms with E-state index >= 15 is 0 Å². The summed E-state index contributed by atoms with van der Waals surface area (Å²) in [4.78, 5) is 48.3. The summed E-state index contributed by atoms with van der Waals surface area (Å²) in [6, 6.07) is 1.17. The number of carbonyl (C=O) groups excluding carboxylic acids is 3. The fourth-order valence-electron chi connectivity index (χ4n) is 7.54. The van der Waals surface area contributed by atoms with Gasteiger partial charge in [0.2, 0.25) is 5.91 Å². The van der Waals surface area contributed by atoms with E-state index in [4.69, 9.17) is 5.73 Å². The third-order valence-electron chi connectivity index (χ3n) is 10.3. The topological polar surface area (TPSA) is 114 Å².